The Hall–Kier alpha value is -0.0900. The standard InChI is InChI=1S/C11H17ClN2S/c1-14(7-8-2-3-8)9(6-13)10-4-5-11(12)15-10/h4-5,8-9H,2-3,6-7,13H2,1H3. The fraction of sp³-hybridized carbons (Fsp3) is 0.636. The molecule has 1 unspecified atom stereocenters. The van der Waals surface area contributed by atoms with Gasteiger partial charge in [0.25, 0.3) is 0 Å². The van der Waals surface area contributed by atoms with Crippen molar-refractivity contribution >= 4 is 22.9 Å². The fourth-order valence-corrected chi connectivity index (χ4v) is 3.10. The summed E-state index contributed by atoms with van der Waals surface area (Å²) in [6.45, 7) is 1.83. The molecule has 0 bridgehead atoms. The maximum absolute atomic E-state index is 5.94. The van der Waals surface area contributed by atoms with Crippen molar-refractivity contribution in [1.82, 2.24) is 4.90 Å². The fourth-order valence-electron chi connectivity index (χ4n) is 1.86. The van der Waals surface area contributed by atoms with Crippen molar-refractivity contribution in [2.75, 3.05) is 20.1 Å². The van der Waals surface area contributed by atoms with Crippen LogP contribution in [0.1, 0.15) is 23.8 Å². The van der Waals surface area contributed by atoms with Gasteiger partial charge in [-0.25, -0.2) is 0 Å². The van der Waals surface area contributed by atoms with E-state index in [0.29, 0.717) is 12.6 Å². The van der Waals surface area contributed by atoms with Gasteiger partial charge in [-0.1, -0.05) is 11.6 Å². The molecule has 1 fully saturated rings. The summed E-state index contributed by atoms with van der Waals surface area (Å²) < 4.78 is 0.850. The van der Waals surface area contributed by atoms with Crippen LogP contribution in [0.25, 0.3) is 0 Å². The van der Waals surface area contributed by atoms with Crippen LogP contribution in [0, 0.1) is 5.92 Å². The van der Waals surface area contributed by atoms with Gasteiger partial charge in [0.2, 0.25) is 0 Å². The molecule has 1 aliphatic carbocycles. The second-order valence-electron chi connectivity index (χ2n) is 4.28. The summed E-state index contributed by atoms with van der Waals surface area (Å²) in [4.78, 5) is 3.64. The summed E-state index contributed by atoms with van der Waals surface area (Å²) in [6.07, 6.45) is 2.76. The molecule has 15 heavy (non-hydrogen) atoms. The van der Waals surface area contributed by atoms with Crippen LogP contribution in [0.4, 0.5) is 0 Å². The Morgan fingerprint density at radius 1 is 1.60 bits per heavy atom. The lowest BCUT2D eigenvalue weighted by Gasteiger charge is -2.25. The van der Waals surface area contributed by atoms with Gasteiger partial charge in [0.05, 0.1) is 10.4 Å². The molecule has 2 nitrogen and oxygen atoms in total. The van der Waals surface area contributed by atoms with E-state index in [-0.39, 0.29) is 0 Å². The minimum absolute atomic E-state index is 0.336. The zero-order chi connectivity index (χ0) is 10.8. The highest BCUT2D eigenvalue weighted by Gasteiger charge is 2.26. The van der Waals surface area contributed by atoms with Gasteiger partial charge >= 0.3 is 0 Å². The highest BCUT2D eigenvalue weighted by atomic mass is 35.5. The number of likely N-dealkylation sites (N-methyl/N-ethyl adjacent to an activating group) is 1. The Morgan fingerprint density at radius 2 is 2.33 bits per heavy atom. The molecule has 4 heteroatoms. The normalized spacial score (nSPS) is 18.4. The highest BCUT2D eigenvalue weighted by Crippen LogP contribution is 2.34. The van der Waals surface area contributed by atoms with Crippen LogP contribution in [-0.2, 0) is 0 Å². The molecular weight excluding hydrogens is 228 g/mol. The van der Waals surface area contributed by atoms with E-state index in [4.69, 9.17) is 17.3 Å². The summed E-state index contributed by atoms with van der Waals surface area (Å²) in [5.74, 6) is 0.902. The van der Waals surface area contributed by atoms with E-state index in [1.165, 1.54) is 17.7 Å². The smallest absolute Gasteiger partial charge is 0.0931 e. The quantitative estimate of drug-likeness (QED) is 0.863. The third-order valence-electron chi connectivity index (χ3n) is 2.92. The Morgan fingerprint density at radius 3 is 2.80 bits per heavy atom. The van der Waals surface area contributed by atoms with Gasteiger partial charge in [0.1, 0.15) is 0 Å². The highest BCUT2D eigenvalue weighted by molar-refractivity contribution is 7.16. The molecule has 0 radical (unpaired) electrons. The molecule has 1 aromatic heterocycles. The molecule has 1 aliphatic rings. The zero-order valence-corrected chi connectivity index (χ0v) is 10.5. The largest absolute Gasteiger partial charge is 0.329 e. The molecule has 2 rings (SSSR count). The van der Waals surface area contributed by atoms with Gasteiger partial charge in [-0.05, 0) is 37.9 Å². The third kappa shape index (κ3) is 2.94. The molecule has 0 saturated heterocycles. The number of nitrogens with zero attached hydrogens (tertiary/aromatic N) is 1. The molecule has 0 aromatic carbocycles. The predicted octanol–water partition coefficient (Wildman–Crippen LogP) is 2.74. The number of hydrogen-bond donors (Lipinski definition) is 1. The van der Waals surface area contributed by atoms with Crippen LogP contribution in [-0.4, -0.2) is 25.0 Å². The molecule has 0 aliphatic heterocycles. The van der Waals surface area contributed by atoms with Crippen LogP contribution in [0.15, 0.2) is 12.1 Å². The second-order valence-corrected chi connectivity index (χ2v) is 6.02. The van der Waals surface area contributed by atoms with E-state index in [9.17, 15) is 0 Å². The molecule has 1 heterocycles. The van der Waals surface area contributed by atoms with E-state index in [0.717, 1.165) is 16.8 Å². The van der Waals surface area contributed by atoms with Crippen LogP contribution < -0.4 is 5.73 Å². The summed E-state index contributed by atoms with van der Waals surface area (Å²) in [7, 11) is 2.16. The van der Waals surface area contributed by atoms with Crippen LogP contribution in [0.2, 0.25) is 4.34 Å². The van der Waals surface area contributed by atoms with E-state index >= 15 is 0 Å². The first-order chi connectivity index (χ1) is 7.20. The Balaban J connectivity index is 2.01. The third-order valence-corrected chi connectivity index (χ3v) is 4.25. The summed E-state index contributed by atoms with van der Waals surface area (Å²) in [5, 5.41) is 0. The van der Waals surface area contributed by atoms with Gasteiger partial charge < -0.3 is 5.73 Å². The summed E-state index contributed by atoms with van der Waals surface area (Å²) >= 11 is 7.58. The molecule has 0 spiro atoms. The van der Waals surface area contributed by atoms with Crippen molar-refractivity contribution in [3.63, 3.8) is 0 Å². The molecule has 1 saturated carbocycles. The van der Waals surface area contributed by atoms with Gasteiger partial charge in [-0.2, -0.15) is 0 Å². The number of rotatable bonds is 5. The monoisotopic (exact) mass is 244 g/mol. The zero-order valence-electron chi connectivity index (χ0n) is 8.95. The van der Waals surface area contributed by atoms with Crippen molar-refractivity contribution in [3.05, 3.63) is 21.3 Å². The lowest BCUT2D eigenvalue weighted by atomic mass is 10.2. The van der Waals surface area contributed by atoms with Gasteiger partial charge in [0, 0.05) is 18.0 Å². The molecule has 1 atom stereocenters. The molecular formula is C11H17ClN2S. The van der Waals surface area contributed by atoms with Crippen molar-refractivity contribution in [1.29, 1.82) is 0 Å². The summed E-state index contributed by atoms with van der Waals surface area (Å²) in [6, 6.07) is 4.38. The average molecular weight is 245 g/mol. The lowest BCUT2D eigenvalue weighted by Crippen LogP contribution is -2.31. The number of halogens is 1. The first-order valence-electron chi connectivity index (χ1n) is 5.36. The molecule has 84 valence electrons. The lowest BCUT2D eigenvalue weighted by molar-refractivity contribution is 0.243. The van der Waals surface area contributed by atoms with Crippen LogP contribution in [0.3, 0.4) is 0 Å². The topological polar surface area (TPSA) is 29.3 Å². The Bertz CT molecular complexity index is 322. The number of hydrogen-bond acceptors (Lipinski definition) is 3. The maximum atomic E-state index is 5.94. The minimum atomic E-state index is 0.336. The number of nitrogens with two attached hydrogens (primary N) is 1. The maximum Gasteiger partial charge on any atom is 0.0931 e. The predicted molar refractivity (Wildman–Crippen MR) is 66.5 cm³/mol. The van der Waals surface area contributed by atoms with Crippen molar-refractivity contribution in [2.24, 2.45) is 11.7 Å². The van der Waals surface area contributed by atoms with Gasteiger partial charge in [-0.3, -0.25) is 4.90 Å². The van der Waals surface area contributed by atoms with Gasteiger partial charge in [-0.15, -0.1) is 11.3 Å². The van der Waals surface area contributed by atoms with Gasteiger partial charge in [0.15, 0.2) is 0 Å². The average Bonchev–Trinajstić information content (AvgIpc) is 2.90. The van der Waals surface area contributed by atoms with Crippen molar-refractivity contribution in [3.8, 4) is 0 Å². The van der Waals surface area contributed by atoms with E-state index in [1.807, 2.05) is 6.07 Å². The van der Waals surface area contributed by atoms with Crippen LogP contribution >= 0.6 is 22.9 Å². The molecule has 1 aromatic rings. The molecule has 2 N–H and O–H groups in total. The van der Waals surface area contributed by atoms with E-state index in [1.54, 1.807) is 11.3 Å². The first kappa shape index (κ1) is 11.4. The summed E-state index contributed by atoms with van der Waals surface area (Å²) in [5.41, 5.74) is 5.83. The Kier molecular flexibility index (Phi) is 3.67. The SMILES string of the molecule is CN(CC1CC1)C(CN)c1ccc(Cl)s1. The van der Waals surface area contributed by atoms with E-state index in [2.05, 4.69) is 18.0 Å². The number of thiophene rings is 1. The first-order valence-corrected chi connectivity index (χ1v) is 6.55. The van der Waals surface area contributed by atoms with Crippen molar-refractivity contribution < 1.29 is 0 Å². The molecule has 0 amide bonds. The minimum Gasteiger partial charge on any atom is -0.329 e. The second kappa shape index (κ2) is 4.83. The van der Waals surface area contributed by atoms with Crippen LogP contribution in [0.5, 0.6) is 0 Å². The van der Waals surface area contributed by atoms with Crippen molar-refractivity contribution in [2.45, 2.75) is 18.9 Å². The van der Waals surface area contributed by atoms with E-state index < -0.39 is 0 Å². The Labute approximate surface area is 100 Å².